The van der Waals surface area contributed by atoms with Crippen molar-refractivity contribution in [3.63, 3.8) is 0 Å². The van der Waals surface area contributed by atoms with Gasteiger partial charge in [0.2, 0.25) is 11.8 Å². The second-order valence-electron chi connectivity index (χ2n) is 6.14. The monoisotopic (exact) mass is 287 g/mol. The number of hydrogen-bond acceptors (Lipinski definition) is 3. The molecule has 2 fully saturated rings. The third-order valence-electron chi connectivity index (χ3n) is 4.56. The molecule has 21 heavy (non-hydrogen) atoms. The van der Waals surface area contributed by atoms with E-state index in [-0.39, 0.29) is 30.4 Å². The Bertz CT molecular complexity index is 579. The number of nitrogens with zero attached hydrogens (tertiary/aromatic N) is 2. The fraction of sp³-hybridized carbons (Fsp3) is 0.500. The predicted octanol–water partition coefficient (Wildman–Crippen LogP) is 1.09. The van der Waals surface area contributed by atoms with Crippen molar-refractivity contribution in [2.75, 3.05) is 31.6 Å². The van der Waals surface area contributed by atoms with E-state index in [1.165, 1.54) is 10.5 Å². The summed E-state index contributed by atoms with van der Waals surface area (Å²) in [6, 6.07) is 7.99. The standard InChI is InChI=1S/C16H21N3O2/c1-16(7-4-8-17-16)12-5-3-6-13(9-12)19-11-14(20)18(2)10-15(19)21/h3,5-6,9,17H,4,7-8,10-11H2,1-2H3. The molecule has 0 bridgehead atoms. The predicted molar refractivity (Wildman–Crippen MR) is 81.0 cm³/mol. The Morgan fingerprint density at radius 3 is 2.71 bits per heavy atom. The second-order valence-corrected chi connectivity index (χ2v) is 6.14. The molecule has 1 aromatic carbocycles. The van der Waals surface area contributed by atoms with Gasteiger partial charge in [-0.2, -0.15) is 0 Å². The maximum absolute atomic E-state index is 12.2. The molecule has 2 amide bonds. The first kappa shape index (κ1) is 14.1. The smallest absolute Gasteiger partial charge is 0.247 e. The number of anilines is 1. The largest absolute Gasteiger partial charge is 0.335 e. The lowest BCUT2D eigenvalue weighted by Gasteiger charge is -2.33. The second kappa shape index (κ2) is 5.15. The normalized spacial score (nSPS) is 26.6. The lowest BCUT2D eigenvalue weighted by atomic mass is 9.90. The van der Waals surface area contributed by atoms with E-state index in [1.807, 2.05) is 18.2 Å². The van der Waals surface area contributed by atoms with Crippen molar-refractivity contribution in [3.8, 4) is 0 Å². The summed E-state index contributed by atoms with van der Waals surface area (Å²) in [5.74, 6) is -0.0519. The quantitative estimate of drug-likeness (QED) is 0.886. The Kier molecular flexibility index (Phi) is 3.45. The molecule has 0 radical (unpaired) electrons. The molecule has 112 valence electrons. The zero-order valence-electron chi connectivity index (χ0n) is 12.6. The van der Waals surface area contributed by atoms with E-state index in [1.54, 1.807) is 11.9 Å². The molecule has 0 saturated carbocycles. The van der Waals surface area contributed by atoms with Gasteiger partial charge in [-0.25, -0.2) is 0 Å². The highest BCUT2D eigenvalue weighted by Crippen LogP contribution is 2.32. The number of rotatable bonds is 2. The van der Waals surface area contributed by atoms with Crippen LogP contribution in [0.15, 0.2) is 24.3 Å². The van der Waals surface area contributed by atoms with E-state index in [9.17, 15) is 9.59 Å². The number of carbonyl (C=O) groups is 2. The lowest BCUT2D eigenvalue weighted by Crippen LogP contribution is -2.52. The molecule has 3 rings (SSSR count). The van der Waals surface area contributed by atoms with Crippen LogP contribution in [0.3, 0.4) is 0 Å². The van der Waals surface area contributed by atoms with Crippen LogP contribution >= 0.6 is 0 Å². The summed E-state index contributed by atoms with van der Waals surface area (Å²) in [6.07, 6.45) is 2.25. The number of piperazine rings is 1. The SMILES string of the molecule is CN1CC(=O)N(c2cccc(C3(C)CCCN3)c2)CC1=O. The average Bonchev–Trinajstić information content (AvgIpc) is 2.91. The molecular formula is C16H21N3O2. The fourth-order valence-electron chi connectivity index (χ4n) is 3.11. The number of likely N-dealkylation sites (N-methyl/N-ethyl adjacent to an activating group) is 1. The number of hydrogen-bond donors (Lipinski definition) is 1. The van der Waals surface area contributed by atoms with E-state index >= 15 is 0 Å². The van der Waals surface area contributed by atoms with Crippen LogP contribution in [0.4, 0.5) is 5.69 Å². The minimum Gasteiger partial charge on any atom is -0.335 e. The van der Waals surface area contributed by atoms with E-state index in [0.29, 0.717) is 0 Å². The molecule has 0 aromatic heterocycles. The van der Waals surface area contributed by atoms with Crippen LogP contribution in [0.5, 0.6) is 0 Å². The van der Waals surface area contributed by atoms with Gasteiger partial charge in [-0.3, -0.25) is 9.59 Å². The van der Waals surface area contributed by atoms with Crippen molar-refractivity contribution in [2.45, 2.75) is 25.3 Å². The molecule has 2 aliphatic rings. The molecule has 0 aliphatic carbocycles. The Balaban J connectivity index is 1.89. The molecule has 2 saturated heterocycles. The van der Waals surface area contributed by atoms with Gasteiger partial charge in [0.1, 0.15) is 6.54 Å². The highest BCUT2D eigenvalue weighted by Gasteiger charge is 2.32. The van der Waals surface area contributed by atoms with E-state index in [2.05, 4.69) is 18.3 Å². The third-order valence-corrected chi connectivity index (χ3v) is 4.56. The minimum atomic E-state index is -0.0321. The molecule has 1 N–H and O–H groups in total. The van der Waals surface area contributed by atoms with Crippen LogP contribution in [0, 0.1) is 0 Å². The van der Waals surface area contributed by atoms with E-state index in [4.69, 9.17) is 0 Å². The molecule has 1 unspecified atom stereocenters. The number of amides is 2. The van der Waals surface area contributed by atoms with Gasteiger partial charge in [-0.1, -0.05) is 12.1 Å². The molecule has 1 atom stereocenters. The Hall–Kier alpha value is -1.88. The molecular weight excluding hydrogens is 266 g/mol. The summed E-state index contributed by atoms with van der Waals surface area (Å²) in [4.78, 5) is 27.1. The maximum atomic E-state index is 12.2. The third kappa shape index (κ3) is 2.53. The van der Waals surface area contributed by atoms with Gasteiger partial charge >= 0.3 is 0 Å². The summed E-state index contributed by atoms with van der Waals surface area (Å²) >= 11 is 0. The van der Waals surface area contributed by atoms with E-state index in [0.717, 1.165) is 25.1 Å². The van der Waals surface area contributed by atoms with Crippen molar-refractivity contribution in [1.29, 1.82) is 0 Å². The molecule has 0 spiro atoms. The van der Waals surface area contributed by atoms with E-state index < -0.39 is 0 Å². The number of benzene rings is 1. The number of carbonyl (C=O) groups excluding carboxylic acids is 2. The molecule has 1 aromatic rings. The average molecular weight is 287 g/mol. The van der Waals surface area contributed by atoms with Gasteiger partial charge in [0.05, 0.1) is 6.54 Å². The Morgan fingerprint density at radius 1 is 1.19 bits per heavy atom. The Morgan fingerprint density at radius 2 is 2.00 bits per heavy atom. The summed E-state index contributed by atoms with van der Waals surface area (Å²) in [7, 11) is 1.66. The van der Waals surface area contributed by atoms with Crippen LogP contribution in [0.2, 0.25) is 0 Å². The topological polar surface area (TPSA) is 52.7 Å². The number of nitrogens with one attached hydrogen (secondary N) is 1. The van der Waals surface area contributed by atoms with Crippen LogP contribution in [-0.2, 0) is 15.1 Å². The van der Waals surface area contributed by atoms with Gasteiger partial charge in [0.25, 0.3) is 0 Å². The fourth-order valence-corrected chi connectivity index (χ4v) is 3.11. The van der Waals surface area contributed by atoms with Gasteiger partial charge < -0.3 is 15.1 Å². The van der Waals surface area contributed by atoms with Crippen molar-refractivity contribution in [3.05, 3.63) is 29.8 Å². The first-order valence-electron chi connectivity index (χ1n) is 7.39. The first-order chi connectivity index (χ1) is 9.99. The maximum Gasteiger partial charge on any atom is 0.247 e. The van der Waals surface area contributed by atoms with Crippen molar-refractivity contribution in [1.82, 2.24) is 10.2 Å². The van der Waals surface area contributed by atoms with Crippen molar-refractivity contribution < 1.29 is 9.59 Å². The van der Waals surface area contributed by atoms with Crippen molar-refractivity contribution >= 4 is 17.5 Å². The van der Waals surface area contributed by atoms with Crippen LogP contribution in [0.25, 0.3) is 0 Å². The van der Waals surface area contributed by atoms with Crippen LogP contribution in [0.1, 0.15) is 25.3 Å². The van der Waals surface area contributed by atoms with Gasteiger partial charge in [-0.15, -0.1) is 0 Å². The lowest BCUT2D eigenvalue weighted by molar-refractivity contribution is -0.136. The van der Waals surface area contributed by atoms with Gasteiger partial charge in [0, 0.05) is 18.3 Å². The zero-order chi connectivity index (χ0) is 15.0. The summed E-state index contributed by atoms with van der Waals surface area (Å²) in [5.41, 5.74) is 1.96. The summed E-state index contributed by atoms with van der Waals surface area (Å²) in [5, 5.41) is 3.53. The minimum absolute atomic E-state index is 0.0230. The van der Waals surface area contributed by atoms with Gasteiger partial charge in [-0.05, 0) is 44.0 Å². The highest BCUT2D eigenvalue weighted by atomic mass is 16.2. The van der Waals surface area contributed by atoms with Crippen LogP contribution < -0.4 is 10.2 Å². The zero-order valence-corrected chi connectivity index (χ0v) is 12.6. The summed E-state index contributed by atoms with van der Waals surface area (Å²) in [6.45, 7) is 3.49. The first-order valence-corrected chi connectivity index (χ1v) is 7.39. The van der Waals surface area contributed by atoms with Crippen molar-refractivity contribution in [2.24, 2.45) is 0 Å². The molecule has 2 aliphatic heterocycles. The molecule has 5 nitrogen and oxygen atoms in total. The highest BCUT2D eigenvalue weighted by molar-refractivity contribution is 6.04. The summed E-state index contributed by atoms with van der Waals surface area (Å²) < 4.78 is 0. The Labute approximate surface area is 124 Å². The van der Waals surface area contributed by atoms with Gasteiger partial charge in [0.15, 0.2) is 0 Å². The molecule has 2 heterocycles. The van der Waals surface area contributed by atoms with Crippen LogP contribution in [-0.4, -0.2) is 43.4 Å². The molecule has 5 heteroatoms.